The highest BCUT2D eigenvalue weighted by Crippen LogP contribution is 2.46. The summed E-state index contributed by atoms with van der Waals surface area (Å²) in [7, 11) is -4.00. The number of nitrogens with two attached hydrogens (primary N) is 1. The van der Waals surface area contributed by atoms with E-state index in [0.29, 0.717) is 28.8 Å². The number of primary amides is 1. The summed E-state index contributed by atoms with van der Waals surface area (Å²) in [6.07, 6.45) is 2.61. The number of para-hydroxylation sites is 1. The van der Waals surface area contributed by atoms with E-state index < -0.39 is 21.5 Å². The van der Waals surface area contributed by atoms with Gasteiger partial charge in [0.2, 0.25) is 10.0 Å². The van der Waals surface area contributed by atoms with Crippen LogP contribution in [0.1, 0.15) is 48.0 Å². The monoisotopic (exact) mass is 513 g/mol. The number of aromatic amines is 1. The molecule has 1 spiro atoms. The lowest BCUT2D eigenvalue weighted by Crippen LogP contribution is -2.46. The number of nitrogens with zero attached hydrogens (tertiary/aromatic N) is 1. The van der Waals surface area contributed by atoms with Crippen molar-refractivity contribution in [3.63, 3.8) is 0 Å². The van der Waals surface area contributed by atoms with E-state index in [0.717, 1.165) is 29.6 Å². The Labute approximate surface area is 207 Å². The molecule has 0 saturated carbocycles. The van der Waals surface area contributed by atoms with Gasteiger partial charge in [0.05, 0.1) is 5.60 Å². The predicted octanol–water partition coefficient (Wildman–Crippen LogP) is 4.74. The zero-order valence-corrected chi connectivity index (χ0v) is 20.4. The summed E-state index contributed by atoms with van der Waals surface area (Å²) in [5.74, 6) is -0.0305. The molecule has 35 heavy (non-hydrogen) atoms. The van der Waals surface area contributed by atoms with E-state index in [1.165, 1.54) is 10.4 Å². The Morgan fingerprint density at radius 3 is 2.63 bits per heavy atom. The Morgan fingerprint density at radius 2 is 1.89 bits per heavy atom. The predicted molar refractivity (Wildman–Crippen MR) is 132 cm³/mol. The molecule has 2 aromatic carbocycles. The van der Waals surface area contributed by atoms with Crippen molar-refractivity contribution < 1.29 is 22.4 Å². The van der Waals surface area contributed by atoms with E-state index >= 15 is 0 Å². The molecule has 0 aliphatic carbocycles. The number of H-pyrrole nitrogens is 1. The number of hydrogen-bond donors (Lipinski definition) is 2. The van der Waals surface area contributed by atoms with Crippen molar-refractivity contribution in [2.24, 2.45) is 5.73 Å². The third-order valence-corrected chi connectivity index (χ3v) is 9.43. The van der Waals surface area contributed by atoms with Crippen LogP contribution in [-0.4, -0.2) is 42.3 Å². The standard InChI is InChI=1S/C25H24ClN3O5S/c26-16-5-6-18-17(14-16)23(22(28-18)24(27)30)35(31,32)29-11-9-25(10-12-29)8-7-20(34-25)21-13-15-3-1-2-4-19(15)33-21/h1-6,13-14,20,28H,7-12H2,(H2,27,30). The van der Waals surface area contributed by atoms with E-state index in [9.17, 15) is 13.2 Å². The van der Waals surface area contributed by atoms with E-state index in [1.807, 2.05) is 30.3 Å². The van der Waals surface area contributed by atoms with Crippen molar-refractivity contribution in [2.45, 2.75) is 42.3 Å². The van der Waals surface area contributed by atoms with E-state index in [4.69, 9.17) is 26.5 Å². The van der Waals surface area contributed by atoms with E-state index in [2.05, 4.69) is 4.98 Å². The topological polar surface area (TPSA) is 119 Å². The number of furan rings is 1. The molecule has 2 aliphatic heterocycles. The first-order chi connectivity index (χ1) is 16.8. The number of piperidine rings is 1. The Morgan fingerprint density at radius 1 is 1.11 bits per heavy atom. The fraction of sp³-hybridized carbons (Fsp3) is 0.320. The average molecular weight is 514 g/mol. The third kappa shape index (κ3) is 3.74. The van der Waals surface area contributed by atoms with Gasteiger partial charge in [0.1, 0.15) is 28.0 Å². The van der Waals surface area contributed by atoms with Gasteiger partial charge in [0, 0.05) is 34.4 Å². The van der Waals surface area contributed by atoms with Crippen LogP contribution in [0.5, 0.6) is 0 Å². The van der Waals surface area contributed by atoms with Gasteiger partial charge in [0.15, 0.2) is 0 Å². The molecular weight excluding hydrogens is 490 g/mol. The van der Waals surface area contributed by atoms with Crippen molar-refractivity contribution in [3.05, 3.63) is 65.0 Å². The lowest BCUT2D eigenvalue weighted by atomic mass is 9.89. The first-order valence-electron chi connectivity index (χ1n) is 11.5. The minimum atomic E-state index is -4.00. The van der Waals surface area contributed by atoms with Gasteiger partial charge < -0.3 is 19.9 Å². The Bertz CT molecular complexity index is 1530. The normalized spacial score (nSPS) is 20.8. The first kappa shape index (κ1) is 22.6. The molecule has 4 aromatic rings. The van der Waals surface area contributed by atoms with E-state index in [-0.39, 0.29) is 29.8 Å². The number of carbonyl (C=O) groups excluding carboxylic acids is 1. The second kappa shape index (κ2) is 8.09. The summed E-state index contributed by atoms with van der Waals surface area (Å²) in [6, 6.07) is 14.7. The van der Waals surface area contributed by atoms with Gasteiger partial charge in [-0.1, -0.05) is 29.8 Å². The Hall–Kier alpha value is -2.85. The summed E-state index contributed by atoms with van der Waals surface area (Å²) in [4.78, 5) is 14.8. The maximum atomic E-state index is 13.7. The highest BCUT2D eigenvalue weighted by Gasteiger charge is 2.46. The smallest absolute Gasteiger partial charge is 0.266 e. The second-order valence-corrected chi connectivity index (χ2v) is 11.6. The van der Waals surface area contributed by atoms with Crippen molar-refractivity contribution in [1.82, 2.24) is 9.29 Å². The molecule has 4 heterocycles. The minimum absolute atomic E-state index is 0.119. The van der Waals surface area contributed by atoms with Crippen LogP contribution in [0.2, 0.25) is 5.02 Å². The van der Waals surface area contributed by atoms with Crippen LogP contribution in [0.15, 0.2) is 57.8 Å². The van der Waals surface area contributed by atoms with Crippen molar-refractivity contribution in [1.29, 1.82) is 0 Å². The maximum Gasteiger partial charge on any atom is 0.266 e. The molecular formula is C25H24ClN3O5S. The summed E-state index contributed by atoms with van der Waals surface area (Å²) < 4.78 is 41.3. The van der Waals surface area contributed by atoms with Gasteiger partial charge in [-0.3, -0.25) is 4.79 Å². The highest BCUT2D eigenvalue weighted by molar-refractivity contribution is 7.89. The first-order valence-corrected chi connectivity index (χ1v) is 13.4. The largest absolute Gasteiger partial charge is 0.458 e. The number of ether oxygens (including phenoxy) is 1. The molecule has 0 bridgehead atoms. The Kier molecular flexibility index (Phi) is 5.23. The molecule has 2 saturated heterocycles. The molecule has 1 atom stereocenters. The average Bonchev–Trinajstić information content (AvgIpc) is 3.54. The van der Waals surface area contributed by atoms with Crippen molar-refractivity contribution in [2.75, 3.05) is 13.1 Å². The van der Waals surface area contributed by atoms with Crippen molar-refractivity contribution >= 4 is 49.4 Å². The molecule has 2 fully saturated rings. The number of hydrogen-bond acceptors (Lipinski definition) is 5. The number of fused-ring (bicyclic) bond motifs is 2. The van der Waals surface area contributed by atoms with Gasteiger partial charge in [-0.05, 0) is 56.0 Å². The minimum Gasteiger partial charge on any atom is -0.458 e. The van der Waals surface area contributed by atoms with Crippen LogP contribution in [-0.2, 0) is 14.8 Å². The summed E-state index contributed by atoms with van der Waals surface area (Å²) in [6.45, 7) is 0.557. The summed E-state index contributed by atoms with van der Waals surface area (Å²) in [5, 5.41) is 1.77. The van der Waals surface area contributed by atoms with Crippen LogP contribution in [0.4, 0.5) is 0 Å². The number of halogens is 1. The molecule has 10 heteroatoms. The molecule has 2 aliphatic rings. The number of aromatic nitrogens is 1. The molecule has 3 N–H and O–H groups in total. The molecule has 1 unspecified atom stereocenters. The van der Waals surface area contributed by atoms with Crippen LogP contribution >= 0.6 is 11.6 Å². The number of nitrogens with one attached hydrogen (secondary N) is 1. The van der Waals surface area contributed by atoms with Gasteiger partial charge >= 0.3 is 0 Å². The van der Waals surface area contributed by atoms with Gasteiger partial charge in [0.25, 0.3) is 5.91 Å². The van der Waals surface area contributed by atoms with Crippen LogP contribution in [0.3, 0.4) is 0 Å². The number of amides is 1. The number of rotatable bonds is 4. The fourth-order valence-corrected chi connectivity index (χ4v) is 7.34. The van der Waals surface area contributed by atoms with Crippen LogP contribution in [0.25, 0.3) is 21.9 Å². The molecule has 6 rings (SSSR count). The zero-order valence-electron chi connectivity index (χ0n) is 18.8. The zero-order chi connectivity index (χ0) is 24.4. The van der Waals surface area contributed by atoms with Crippen LogP contribution < -0.4 is 5.73 Å². The number of carbonyl (C=O) groups is 1. The lowest BCUT2D eigenvalue weighted by Gasteiger charge is -2.38. The fourth-order valence-electron chi connectivity index (χ4n) is 5.39. The SMILES string of the molecule is NC(=O)c1[nH]c2ccc(Cl)cc2c1S(=O)(=O)N1CCC2(CCC(c3cc4ccccc4o3)O2)CC1. The lowest BCUT2D eigenvalue weighted by molar-refractivity contribution is -0.0748. The van der Waals surface area contributed by atoms with Gasteiger partial charge in [-0.15, -0.1) is 0 Å². The molecule has 0 radical (unpaired) electrons. The summed E-state index contributed by atoms with van der Waals surface area (Å²) in [5.41, 5.74) is 6.31. The molecule has 2 aromatic heterocycles. The van der Waals surface area contributed by atoms with Gasteiger partial charge in [-0.25, -0.2) is 8.42 Å². The summed E-state index contributed by atoms with van der Waals surface area (Å²) >= 11 is 6.12. The Balaban J connectivity index is 1.24. The molecule has 1 amide bonds. The third-order valence-electron chi connectivity index (χ3n) is 7.21. The molecule has 8 nitrogen and oxygen atoms in total. The van der Waals surface area contributed by atoms with Crippen LogP contribution in [0, 0.1) is 0 Å². The maximum absolute atomic E-state index is 13.7. The van der Waals surface area contributed by atoms with Gasteiger partial charge in [-0.2, -0.15) is 4.31 Å². The second-order valence-electron chi connectivity index (χ2n) is 9.30. The molecule has 182 valence electrons. The number of benzene rings is 2. The highest BCUT2D eigenvalue weighted by atomic mass is 35.5. The van der Waals surface area contributed by atoms with Crippen molar-refractivity contribution in [3.8, 4) is 0 Å². The number of sulfonamides is 1. The van der Waals surface area contributed by atoms with E-state index in [1.54, 1.807) is 12.1 Å². The quantitative estimate of drug-likeness (QED) is 0.408.